The molecule has 32 heavy (non-hydrogen) atoms. The molecule has 4 rings (SSSR count). The molecule has 0 saturated carbocycles. The number of ether oxygens (including phenoxy) is 2. The summed E-state index contributed by atoms with van der Waals surface area (Å²) in [5.41, 5.74) is 6.68. The van der Waals surface area contributed by atoms with Gasteiger partial charge in [-0.05, 0) is 44.4 Å². The molecule has 3 heterocycles. The fourth-order valence-electron chi connectivity index (χ4n) is 3.98. The van der Waals surface area contributed by atoms with Crippen molar-refractivity contribution in [2.75, 3.05) is 26.8 Å². The molecule has 3 amide bonds. The molecule has 0 radical (unpaired) electrons. The van der Waals surface area contributed by atoms with Crippen LogP contribution in [0.4, 0.5) is 0 Å². The molecular formula is C23H36N4O5. The van der Waals surface area contributed by atoms with Gasteiger partial charge >= 0.3 is 0 Å². The normalized spacial score (nSPS) is 23.7. The first-order chi connectivity index (χ1) is 15.5. The van der Waals surface area contributed by atoms with Gasteiger partial charge in [0.25, 0.3) is 0 Å². The monoisotopic (exact) mass is 448 g/mol. The molecule has 0 spiro atoms. The molecule has 1 aromatic carbocycles. The van der Waals surface area contributed by atoms with Crippen LogP contribution in [0.2, 0.25) is 0 Å². The van der Waals surface area contributed by atoms with Crippen molar-refractivity contribution in [2.24, 2.45) is 5.73 Å². The van der Waals surface area contributed by atoms with Crippen LogP contribution < -0.4 is 21.1 Å². The number of carbonyl (C=O) groups excluding carboxylic acids is 3. The largest absolute Gasteiger partial charge is 0.493 e. The fourth-order valence-corrected chi connectivity index (χ4v) is 3.98. The molecule has 9 nitrogen and oxygen atoms in total. The topological polar surface area (TPSA) is 123 Å². The Morgan fingerprint density at radius 1 is 1.16 bits per heavy atom. The first-order valence-electron chi connectivity index (χ1n) is 11.4. The highest BCUT2D eigenvalue weighted by molar-refractivity contribution is 5.92. The Hall–Kier alpha value is -2.65. The molecule has 0 bridgehead atoms. The lowest BCUT2D eigenvalue weighted by Gasteiger charge is -2.28. The Balaban J connectivity index is 0.000000251. The van der Waals surface area contributed by atoms with Gasteiger partial charge in [-0.25, -0.2) is 0 Å². The average molecular weight is 449 g/mol. The third kappa shape index (κ3) is 6.67. The van der Waals surface area contributed by atoms with Crippen molar-refractivity contribution in [2.45, 2.75) is 64.3 Å². The smallest absolute Gasteiger partial charge is 0.247 e. The molecular weight excluding hydrogens is 412 g/mol. The van der Waals surface area contributed by atoms with Crippen LogP contribution in [0.1, 0.15) is 45.1 Å². The van der Waals surface area contributed by atoms with Gasteiger partial charge in [-0.2, -0.15) is 0 Å². The second kappa shape index (κ2) is 13.0. The number of nitrogens with one attached hydrogen (secondary N) is 2. The van der Waals surface area contributed by atoms with Crippen LogP contribution in [-0.4, -0.2) is 67.7 Å². The Kier molecular flexibility index (Phi) is 10.4. The van der Waals surface area contributed by atoms with Crippen molar-refractivity contribution in [3.63, 3.8) is 0 Å². The minimum atomic E-state index is -0.666. The van der Waals surface area contributed by atoms with Gasteiger partial charge in [0.2, 0.25) is 17.7 Å². The number of carbonyl (C=O) groups is 3. The number of hydrogen-bond donors (Lipinski definition) is 3. The summed E-state index contributed by atoms with van der Waals surface area (Å²) >= 11 is 0. The summed E-state index contributed by atoms with van der Waals surface area (Å²) in [6.45, 7) is 5.38. The number of fused-ring (bicyclic) bond motifs is 2. The zero-order valence-electron chi connectivity index (χ0n) is 19.3. The van der Waals surface area contributed by atoms with Gasteiger partial charge in [0.05, 0.1) is 19.8 Å². The third-order valence-electron chi connectivity index (χ3n) is 5.42. The summed E-state index contributed by atoms with van der Waals surface area (Å²) in [7, 11) is 1.65. The first-order valence-corrected chi connectivity index (χ1v) is 11.4. The van der Waals surface area contributed by atoms with Crippen LogP contribution >= 0.6 is 0 Å². The molecule has 3 atom stereocenters. The molecule has 2 fully saturated rings. The van der Waals surface area contributed by atoms with Crippen molar-refractivity contribution < 1.29 is 23.9 Å². The molecule has 9 heteroatoms. The summed E-state index contributed by atoms with van der Waals surface area (Å²) in [5, 5.41) is 5.38. The van der Waals surface area contributed by atoms with Crippen LogP contribution in [0.15, 0.2) is 24.3 Å². The lowest BCUT2D eigenvalue weighted by molar-refractivity contribution is -0.147. The highest BCUT2D eigenvalue weighted by atomic mass is 16.5. The maximum absolute atomic E-state index is 12.5. The predicted molar refractivity (Wildman–Crippen MR) is 121 cm³/mol. The van der Waals surface area contributed by atoms with Crippen LogP contribution in [0, 0.1) is 0 Å². The number of aryl methyl sites for hydroxylation is 1. The van der Waals surface area contributed by atoms with E-state index in [9.17, 15) is 14.4 Å². The molecule has 0 aliphatic carbocycles. The van der Waals surface area contributed by atoms with E-state index in [1.54, 1.807) is 7.05 Å². The highest BCUT2D eigenvalue weighted by Gasteiger charge is 2.44. The quantitative estimate of drug-likeness (QED) is 0.630. The van der Waals surface area contributed by atoms with Crippen LogP contribution in [-0.2, 0) is 25.5 Å². The maximum atomic E-state index is 12.5. The maximum Gasteiger partial charge on any atom is 0.247 e. The van der Waals surface area contributed by atoms with Gasteiger partial charge in [-0.15, -0.1) is 0 Å². The Morgan fingerprint density at radius 3 is 2.59 bits per heavy atom. The van der Waals surface area contributed by atoms with Crippen molar-refractivity contribution in [3.05, 3.63) is 29.8 Å². The van der Waals surface area contributed by atoms with Crippen molar-refractivity contribution in [1.29, 1.82) is 0 Å². The average Bonchev–Trinajstić information content (AvgIpc) is 3.18. The molecule has 3 aliphatic rings. The van der Waals surface area contributed by atoms with Crippen molar-refractivity contribution >= 4 is 17.7 Å². The van der Waals surface area contributed by atoms with Gasteiger partial charge in [0.1, 0.15) is 24.1 Å². The van der Waals surface area contributed by atoms with E-state index < -0.39 is 24.2 Å². The summed E-state index contributed by atoms with van der Waals surface area (Å²) in [4.78, 5) is 36.9. The van der Waals surface area contributed by atoms with Crippen LogP contribution in [0.25, 0.3) is 0 Å². The van der Waals surface area contributed by atoms with Crippen molar-refractivity contribution in [3.8, 4) is 5.75 Å². The number of amides is 3. The zero-order valence-corrected chi connectivity index (χ0v) is 19.3. The fraction of sp³-hybridized carbons (Fsp3) is 0.609. The van der Waals surface area contributed by atoms with Gasteiger partial charge in [0, 0.05) is 6.42 Å². The molecule has 3 unspecified atom stereocenters. The minimum absolute atomic E-state index is 0.132. The lowest BCUT2D eigenvalue weighted by Crippen LogP contribution is -2.54. The lowest BCUT2D eigenvalue weighted by atomic mass is 10.1. The summed E-state index contributed by atoms with van der Waals surface area (Å²) in [6.07, 6.45) is 3.42. The second-order valence-corrected chi connectivity index (χ2v) is 7.57. The number of likely N-dealkylation sites (N-methyl/N-ethyl adjacent to an activating group) is 1. The second-order valence-electron chi connectivity index (χ2n) is 7.57. The molecule has 178 valence electrons. The van der Waals surface area contributed by atoms with E-state index in [0.717, 1.165) is 18.8 Å². The van der Waals surface area contributed by atoms with Gasteiger partial charge in [0.15, 0.2) is 0 Å². The number of primary amides is 1. The molecule has 1 aromatic rings. The Morgan fingerprint density at radius 2 is 1.91 bits per heavy atom. The summed E-state index contributed by atoms with van der Waals surface area (Å²) in [6, 6.07) is 6.94. The van der Waals surface area contributed by atoms with E-state index in [-0.39, 0.29) is 18.4 Å². The number of nitrogens with zero attached hydrogens (tertiary/aromatic N) is 1. The minimum Gasteiger partial charge on any atom is -0.493 e. The number of para-hydroxylation sites is 1. The SMILES string of the molecule is CC.CNCC(=O)NC1CCOC2CCC(C(N)=O)N2C1=O.c1ccc2c(c1)CCCO2. The van der Waals surface area contributed by atoms with Crippen LogP contribution in [0.3, 0.4) is 0 Å². The summed E-state index contributed by atoms with van der Waals surface area (Å²) < 4.78 is 11.0. The number of hydrogen-bond acceptors (Lipinski definition) is 6. The van der Waals surface area contributed by atoms with Gasteiger partial charge in [-0.3, -0.25) is 14.4 Å². The van der Waals surface area contributed by atoms with Gasteiger partial charge < -0.3 is 30.7 Å². The Labute approximate surface area is 190 Å². The van der Waals surface area contributed by atoms with E-state index in [1.807, 2.05) is 26.0 Å². The van der Waals surface area contributed by atoms with Crippen LogP contribution in [0.5, 0.6) is 5.75 Å². The van der Waals surface area contributed by atoms with E-state index in [4.69, 9.17) is 15.2 Å². The standard InChI is InChI=1S/C12H20N4O4.C9H10O.C2H6/c1-14-6-9(17)15-7-4-5-20-10-3-2-8(11(13)18)16(10)12(7)19;1-2-6-9-8(4-1)5-3-7-10-9;1-2/h7-8,10,14H,2-6H2,1H3,(H2,13,18)(H,15,17);1-2,4,6H,3,5,7H2;1-2H3. The number of benzene rings is 1. The zero-order chi connectivity index (χ0) is 23.5. The number of nitrogens with two attached hydrogens (primary N) is 1. The highest BCUT2D eigenvalue weighted by Crippen LogP contribution is 2.28. The Bertz CT molecular complexity index is 748. The first kappa shape index (κ1) is 25.6. The van der Waals surface area contributed by atoms with E-state index in [0.29, 0.717) is 25.9 Å². The number of rotatable bonds is 4. The predicted octanol–water partition coefficient (Wildman–Crippen LogP) is 0.951. The third-order valence-corrected chi connectivity index (χ3v) is 5.42. The molecule has 2 saturated heterocycles. The van der Waals surface area contributed by atoms with E-state index in [1.165, 1.54) is 16.9 Å². The summed E-state index contributed by atoms with van der Waals surface area (Å²) in [5.74, 6) is -0.0159. The van der Waals surface area contributed by atoms with E-state index in [2.05, 4.69) is 22.8 Å². The van der Waals surface area contributed by atoms with E-state index >= 15 is 0 Å². The molecule has 3 aliphatic heterocycles. The van der Waals surface area contributed by atoms with Crippen molar-refractivity contribution in [1.82, 2.24) is 15.5 Å². The molecule has 4 N–H and O–H groups in total. The van der Waals surface area contributed by atoms with Gasteiger partial charge in [-0.1, -0.05) is 32.0 Å². The molecule has 0 aromatic heterocycles.